The number of rotatable bonds is 5. The SMILES string of the molecule is c1ccc(-c2nc(-c3cccc(-c4cccc5c4oc4ccccc45)c3)nc(-c3cccc4sc5ccc(-c6nc7ccccc7o6)cc5c34)n2)cc1. The van der Waals surface area contributed by atoms with E-state index >= 15 is 0 Å². The van der Waals surface area contributed by atoms with E-state index < -0.39 is 0 Å². The Morgan fingerprint density at radius 2 is 1.09 bits per heavy atom. The summed E-state index contributed by atoms with van der Waals surface area (Å²) in [6, 6.07) is 53.5. The second-order valence-corrected chi connectivity index (χ2v) is 14.1. The number of nitrogens with zero attached hydrogens (tertiary/aromatic N) is 4. The van der Waals surface area contributed by atoms with Crippen molar-refractivity contribution in [1.29, 1.82) is 0 Å². The number of hydrogen-bond acceptors (Lipinski definition) is 7. The van der Waals surface area contributed by atoms with Gasteiger partial charge in [-0.2, -0.15) is 0 Å². The van der Waals surface area contributed by atoms with Gasteiger partial charge in [-0.15, -0.1) is 11.3 Å². The van der Waals surface area contributed by atoms with Crippen LogP contribution in [-0.2, 0) is 0 Å². The van der Waals surface area contributed by atoms with Crippen molar-refractivity contribution in [2.24, 2.45) is 0 Å². The largest absolute Gasteiger partial charge is 0.455 e. The van der Waals surface area contributed by atoms with Gasteiger partial charge >= 0.3 is 0 Å². The Bertz CT molecular complexity index is 3160. The van der Waals surface area contributed by atoms with Gasteiger partial charge in [0.1, 0.15) is 16.7 Å². The van der Waals surface area contributed by atoms with Gasteiger partial charge in [0, 0.05) is 58.8 Å². The molecule has 11 aromatic rings. The molecule has 6 nitrogen and oxygen atoms in total. The minimum absolute atomic E-state index is 0.594. The van der Waals surface area contributed by atoms with Crippen molar-refractivity contribution in [3.05, 3.63) is 158 Å². The number of aromatic nitrogens is 4. The number of oxazole rings is 1. The summed E-state index contributed by atoms with van der Waals surface area (Å²) in [6.07, 6.45) is 0. The quantitative estimate of drug-likeness (QED) is 0.178. The molecule has 0 N–H and O–H groups in total. The van der Waals surface area contributed by atoms with E-state index in [1.54, 1.807) is 11.3 Å². The Morgan fingerprint density at radius 1 is 0.396 bits per heavy atom. The average molecular weight is 699 g/mol. The van der Waals surface area contributed by atoms with Crippen LogP contribution in [0.4, 0.5) is 0 Å². The van der Waals surface area contributed by atoms with Crippen LogP contribution in [0.25, 0.3) is 110 Å². The molecule has 0 radical (unpaired) electrons. The third kappa shape index (κ3) is 4.93. The number of furan rings is 1. The summed E-state index contributed by atoms with van der Waals surface area (Å²) in [5.41, 5.74) is 9.03. The molecule has 4 aromatic heterocycles. The van der Waals surface area contributed by atoms with Gasteiger partial charge in [0.05, 0.1) is 0 Å². The molecule has 0 spiro atoms. The molecule has 0 aliphatic rings. The number of thiophene rings is 1. The summed E-state index contributed by atoms with van der Waals surface area (Å²) in [5, 5.41) is 4.38. The molecule has 0 unspecified atom stereocenters. The predicted octanol–water partition coefficient (Wildman–Crippen LogP) is 12.6. The van der Waals surface area contributed by atoms with Crippen LogP contribution < -0.4 is 0 Å². The lowest BCUT2D eigenvalue weighted by Gasteiger charge is -2.11. The van der Waals surface area contributed by atoms with Crippen LogP contribution in [0.15, 0.2) is 167 Å². The highest BCUT2D eigenvalue weighted by Crippen LogP contribution is 2.42. The first-order valence-corrected chi connectivity index (χ1v) is 18.2. The van der Waals surface area contributed by atoms with Crippen LogP contribution in [0, 0.1) is 0 Å². The first-order valence-electron chi connectivity index (χ1n) is 17.4. The summed E-state index contributed by atoms with van der Waals surface area (Å²) in [7, 11) is 0. The topological polar surface area (TPSA) is 77.8 Å². The molecular weight excluding hydrogens is 673 g/mol. The zero-order valence-electron chi connectivity index (χ0n) is 28.0. The molecule has 0 bridgehead atoms. The maximum Gasteiger partial charge on any atom is 0.227 e. The highest BCUT2D eigenvalue weighted by atomic mass is 32.1. The molecule has 7 heteroatoms. The van der Waals surface area contributed by atoms with Crippen molar-refractivity contribution in [3.63, 3.8) is 0 Å². The fourth-order valence-corrected chi connectivity index (χ4v) is 8.40. The van der Waals surface area contributed by atoms with Gasteiger partial charge < -0.3 is 8.83 Å². The highest BCUT2D eigenvalue weighted by molar-refractivity contribution is 7.26. The molecule has 0 fully saturated rings. The number of para-hydroxylation sites is 4. The van der Waals surface area contributed by atoms with Gasteiger partial charge in [-0.1, -0.05) is 109 Å². The molecule has 7 aromatic carbocycles. The Kier molecular flexibility index (Phi) is 6.62. The van der Waals surface area contributed by atoms with E-state index in [0.29, 0.717) is 23.4 Å². The van der Waals surface area contributed by atoms with Gasteiger partial charge in [-0.3, -0.25) is 0 Å². The van der Waals surface area contributed by atoms with E-state index in [9.17, 15) is 0 Å². The molecule has 4 heterocycles. The Labute approximate surface area is 306 Å². The van der Waals surface area contributed by atoms with Gasteiger partial charge in [-0.25, -0.2) is 19.9 Å². The number of benzene rings is 7. The lowest BCUT2D eigenvalue weighted by atomic mass is 10.00. The van der Waals surface area contributed by atoms with E-state index in [2.05, 4.69) is 84.9 Å². The lowest BCUT2D eigenvalue weighted by molar-refractivity contribution is 0.620. The predicted molar refractivity (Wildman–Crippen MR) is 215 cm³/mol. The second kappa shape index (κ2) is 11.8. The smallest absolute Gasteiger partial charge is 0.227 e. The fourth-order valence-electron chi connectivity index (χ4n) is 7.28. The first-order chi connectivity index (χ1) is 26.2. The zero-order chi connectivity index (χ0) is 34.9. The average Bonchev–Trinajstić information content (AvgIpc) is 3.94. The van der Waals surface area contributed by atoms with E-state index in [-0.39, 0.29) is 0 Å². The minimum Gasteiger partial charge on any atom is -0.455 e. The van der Waals surface area contributed by atoms with Gasteiger partial charge in [0.15, 0.2) is 23.1 Å². The first kappa shape index (κ1) is 29.7. The summed E-state index contributed by atoms with van der Waals surface area (Å²) in [4.78, 5) is 20.2. The third-order valence-electron chi connectivity index (χ3n) is 9.78. The van der Waals surface area contributed by atoms with E-state index in [0.717, 1.165) is 86.6 Å². The van der Waals surface area contributed by atoms with E-state index in [1.807, 2.05) is 72.8 Å². The molecule has 0 saturated heterocycles. The summed E-state index contributed by atoms with van der Waals surface area (Å²) in [5.74, 6) is 2.41. The Balaban J connectivity index is 1.09. The Morgan fingerprint density at radius 3 is 2.00 bits per heavy atom. The van der Waals surface area contributed by atoms with Gasteiger partial charge in [-0.05, 0) is 54.1 Å². The third-order valence-corrected chi connectivity index (χ3v) is 10.9. The van der Waals surface area contributed by atoms with Crippen LogP contribution in [-0.4, -0.2) is 19.9 Å². The maximum atomic E-state index is 6.41. The van der Waals surface area contributed by atoms with Crippen LogP contribution in [0.5, 0.6) is 0 Å². The van der Waals surface area contributed by atoms with Crippen molar-refractivity contribution >= 4 is 64.5 Å². The molecular formula is C46H26N4O2S. The van der Waals surface area contributed by atoms with E-state index in [4.69, 9.17) is 28.8 Å². The number of hydrogen-bond donors (Lipinski definition) is 0. The standard InChI is InChI=1S/C46H26N4O2S/c1-2-11-27(12-3-1)43-48-44(29-14-8-13-28(25-29)31-16-9-17-33-32-15-4-6-20-37(32)51-42(31)33)50-45(49-43)34-18-10-22-40-41(34)35-26-30(23-24-39(35)53-40)46-47-36-19-5-7-21-38(36)52-46/h1-26H. The maximum absolute atomic E-state index is 6.41. The lowest BCUT2D eigenvalue weighted by Crippen LogP contribution is -2.00. The molecule has 0 aliphatic heterocycles. The highest BCUT2D eigenvalue weighted by Gasteiger charge is 2.19. The monoisotopic (exact) mass is 698 g/mol. The van der Waals surface area contributed by atoms with Gasteiger partial charge in [0.25, 0.3) is 0 Å². The molecule has 248 valence electrons. The van der Waals surface area contributed by atoms with Crippen molar-refractivity contribution in [2.75, 3.05) is 0 Å². The van der Waals surface area contributed by atoms with Crippen LogP contribution >= 0.6 is 11.3 Å². The molecule has 53 heavy (non-hydrogen) atoms. The number of fused-ring (bicyclic) bond motifs is 7. The van der Waals surface area contributed by atoms with Crippen molar-refractivity contribution in [1.82, 2.24) is 19.9 Å². The van der Waals surface area contributed by atoms with Crippen LogP contribution in [0.3, 0.4) is 0 Å². The normalized spacial score (nSPS) is 11.8. The molecule has 11 rings (SSSR count). The van der Waals surface area contributed by atoms with Crippen molar-refractivity contribution in [3.8, 4) is 56.7 Å². The molecule has 0 aliphatic carbocycles. The summed E-state index contributed by atoms with van der Waals surface area (Å²) < 4.78 is 14.9. The zero-order valence-corrected chi connectivity index (χ0v) is 28.8. The second-order valence-electron chi connectivity index (χ2n) is 13.0. The summed E-state index contributed by atoms with van der Waals surface area (Å²) in [6.45, 7) is 0. The fraction of sp³-hybridized carbons (Fsp3) is 0. The van der Waals surface area contributed by atoms with E-state index in [1.165, 1.54) is 0 Å². The molecule has 0 amide bonds. The van der Waals surface area contributed by atoms with Crippen molar-refractivity contribution in [2.45, 2.75) is 0 Å². The molecule has 0 atom stereocenters. The Hall–Kier alpha value is -6.96. The summed E-state index contributed by atoms with van der Waals surface area (Å²) >= 11 is 1.75. The molecule has 0 saturated carbocycles. The minimum atomic E-state index is 0.594. The van der Waals surface area contributed by atoms with Crippen LogP contribution in [0.2, 0.25) is 0 Å². The van der Waals surface area contributed by atoms with Crippen LogP contribution in [0.1, 0.15) is 0 Å². The van der Waals surface area contributed by atoms with Gasteiger partial charge in [0.2, 0.25) is 5.89 Å². The van der Waals surface area contributed by atoms with Crippen molar-refractivity contribution < 1.29 is 8.83 Å².